The molecular formula is C26H29BClN5O2S. The van der Waals surface area contributed by atoms with E-state index in [0.29, 0.717) is 35.4 Å². The van der Waals surface area contributed by atoms with Gasteiger partial charge in [-0.1, -0.05) is 48.0 Å². The van der Waals surface area contributed by atoms with Gasteiger partial charge in [0.1, 0.15) is 13.7 Å². The van der Waals surface area contributed by atoms with Crippen LogP contribution < -0.4 is 10.8 Å². The minimum atomic E-state index is -3.55. The van der Waals surface area contributed by atoms with Crippen molar-refractivity contribution in [3.8, 4) is 11.3 Å². The van der Waals surface area contributed by atoms with Crippen molar-refractivity contribution in [2.45, 2.75) is 25.7 Å². The highest BCUT2D eigenvalue weighted by atomic mass is 35.5. The Bertz CT molecular complexity index is 1500. The van der Waals surface area contributed by atoms with E-state index in [2.05, 4.69) is 16.5 Å². The molecule has 7 nitrogen and oxygen atoms in total. The number of allylic oxidation sites excluding steroid dienone is 5. The highest BCUT2D eigenvalue weighted by Crippen LogP contribution is 2.36. The number of halogens is 1. The largest absolute Gasteiger partial charge is 0.370 e. The molecule has 3 aromatic rings. The molecule has 5 rings (SSSR count). The summed E-state index contributed by atoms with van der Waals surface area (Å²) in [7, 11) is 0.0742. The van der Waals surface area contributed by atoms with Gasteiger partial charge in [0.2, 0.25) is 10.0 Å². The predicted molar refractivity (Wildman–Crippen MR) is 149 cm³/mol. The minimum Gasteiger partial charge on any atom is -0.370 e. The number of fused-ring (bicyclic) bond motifs is 2. The van der Waals surface area contributed by atoms with E-state index in [1.54, 1.807) is 23.8 Å². The Hall–Kier alpha value is -2.88. The Morgan fingerprint density at radius 1 is 1.25 bits per heavy atom. The number of nitrogens with zero attached hydrogens (tertiary/aromatic N) is 4. The summed E-state index contributed by atoms with van der Waals surface area (Å²) in [5.41, 5.74) is 4.27. The number of hydrogen-bond donors (Lipinski definition) is 1. The summed E-state index contributed by atoms with van der Waals surface area (Å²) in [4.78, 5) is 5.21. The number of anilines is 1. The third-order valence-electron chi connectivity index (χ3n) is 6.84. The van der Waals surface area contributed by atoms with Gasteiger partial charge >= 0.3 is 0 Å². The zero-order chi connectivity index (χ0) is 25.3. The predicted octanol–water partition coefficient (Wildman–Crippen LogP) is 3.55. The van der Waals surface area contributed by atoms with Gasteiger partial charge in [-0.05, 0) is 54.8 Å². The van der Waals surface area contributed by atoms with E-state index in [1.165, 1.54) is 4.31 Å². The van der Waals surface area contributed by atoms with E-state index in [-0.39, 0.29) is 0 Å². The molecule has 0 fully saturated rings. The Labute approximate surface area is 218 Å². The molecule has 1 atom stereocenters. The second-order valence-electron chi connectivity index (χ2n) is 9.31. The molecule has 0 saturated heterocycles. The van der Waals surface area contributed by atoms with Gasteiger partial charge in [-0.2, -0.15) is 9.61 Å². The lowest BCUT2D eigenvalue weighted by Gasteiger charge is -2.28. The molecule has 0 radical (unpaired) electrons. The van der Waals surface area contributed by atoms with E-state index in [0.717, 1.165) is 53.0 Å². The lowest BCUT2D eigenvalue weighted by molar-refractivity contribution is 0.469. The van der Waals surface area contributed by atoms with Crippen LogP contribution >= 0.6 is 11.6 Å². The van der Waals surface area contributed by atoms with Gasteiger partial charge < -0.3 is 5.32 Å². The average molecular weight is 522 g/mol. The first-order valence-electron chi connectivity index (χ1n) is 12.2. The number of benzene rings is 1. The fraction of sp³-hybridized carbons (Fsp3) is 0.308. The summed E-state index contributed by atoms with van der Waals surface area (Å²) in [6, 6.07) is 9.54. The molecule has 186 valence electrons. The van der Waals surface area contributed by atoms with Crippen molar-refractivity contribution in [1.29, 1.82) is 0 Å². The van der Waals surface area contributed by atoms with Crippen molar-refractivity contribution >= 4 is 46.4 Å². The molecule has 2 aliphatic rings. The van der Waals surface area contributed by atoms with Crippen LogP contribution in [0.2, 0.25) is 5.02 Å². The van der Waals surface area contributed by atoms with Gasteiger partial charge in [-0.25, -0.2) is 17.7 Å². The summed E-state index contributed by atoms with van der Waals surface area (Å²) in [6.45, 7) is 0.974. The van der Waals surface area contributed by atoms with Crippen molar-refractivity contribution in [2.75, 3.05) is 25.5 Å². The molecule has 10 heteroatoms. The van der Waals surface area contributed by atoms with Gasteiger partial charge in [0.05, 0.1) is 10.6 Å². The summed E-state index contributed by atoms with van der Waals surface area (Å²) in [5, 5.41) is 8.51. The number of nitrogens with one attached hydrogen (secondary N) is 1. The third kappa shape index (κ3) is 4.75. The average Bonchev–Trinajstić information content (AvgIpc) is 3.26. The number of sulfonamides is 1. The third-order valence-corrected chi connectivity index (χ3v) is 9.10. The van der Waals surface area contributed by atoms with Crippen LogP contribution in [0.15, 0.2) is 71.3 Å². The Balaban J connectivity index is 1.30. The molecule has 2 aliphatic carbocycles. The summed E-state index contributed by atoms with van der Waals surface area (Å²) < 4.78 is 29.9. The standard InChI is InChI=1S/C26H29BClN5O2S/c1-32(36(34,35)24-13-6-9-18-8-2-3-10-19(18)24)15-7-14-29-25-16-23(20-11-4-5-12-22(20)28)31-26-21(27)17-30-33(25)26/h3-6,10-13,16-18,29H,2,7-9,14-15,27H2,1H3. The van der Waals surface area contributed by atoms with E-state index < -0.39 is 10.0 Å². The monoisotopic (exact) mass is 521 g/mol. The van der Waals surface area contributed by atoms with E-state index in [9.17, 15) is 8.42 Å². The van der Waals surface area contributed by atoms with Crippen molar-refractivity contribution in [3.05, 3.63) is 76.3 Å². The Kier molecular flexibility index (Phi) is 7.06. The first-order chi connectivity index (χ1) is 17.4. The summed E-state index contributed by atoms with van der Waals surface area (Å²) >= 11 is 6.43. The Morgan fingerprint density at radius 2 is 2.08 bits per heavy atom. The molecule has 1 unspecified atom stereocenters. The van der Waals surface area contributed by atoms with Crippen LogP contribution in [0.4, 0.5) is 5.82 Å². The van der Waals surface area contributed by atoms with Crippen molar-refractivity contribution in [2.24, 2.45) is 5.92 Å². The molecule has 36 heavy (non-hydrogen) atoms. The van der Waals surface area contributed by atoms with Crippen LogP contribution in [0.1, 0.15) is 25.7 Å². The SMILES string of the molecule is Bc1cnn2c(NCCCN(C)S(=O)(=O)C3=C4C=CCCC4CC=C3)cc(-c3ccccc3Cl)nc12. The zero-order valence-electron chi connectivity index (χ0n) is 20.5. The fourth-order valence-corrected chi connectivity index (χ4v) is 6.55. The summed E-state index contributed by atoms with van der Waals surface area (Å²) in [5.74, 6) is 1.09. The first kappa shape index (κ1) is 24.8. The minimum absolute atomic E-state index is 0.304. The highest BCUT2D eigenvalue weighted by Gasteiger charge is 2.30. The van der Waals surface area contributed by atoms with E-state index in [4.69, 9.17) is 16.6 Å². The normalized spacial score (nSPS) is 17.7. The second-order valence-corrected chi connectivity index (χ2v) is 11.7. The van der Waals surface area contributed by atoms with E-state index in [1.807, 2.05) is 50.3 Å². The van der Waals surface area contributed by atoms with Crippen molar-refractivity contribution < 1.29 is 8.42 Å². The first-order valence-corrected chi connectivity index (χ1v) is 14.1. The number of rotatable bonds is 8. The fourth-order valence-electron chi connectivity index (χ4n) is 4.81. The van der Waals surface area contributed by atoms with Crippen LogP contribution in [-0.4, -0.2) is 55.3 Å². The summed E-state index contributed by atoms with van der Waals surface area (Å²) in [6.07, 6.45) is 13.2. The van der Waals surface area contributed by atoms with Gasteiger partial charge in [0.15, 0.2) is 5.65 Å². The molecule has 0 aliphatic heterocycles. The smallest absolute Gasteiger partial charge is 0.243 e. The second kappa shape index (κ2) is 10.2. The molecule has 0 saturated carbocycles. The molecule has 2 aromatic heterocycles. The number of hydrogen-bond acceptors (Lipinski definition) is 5. The maximum atomic E-state index is 13.3. The quantitative estimate of drug-likeness (QED) is 0.362. The maximum absolute atomic E-state index is 13.3. The van der Waals surface area contributed by atoms with Gasteiger partial charge in [0, 0.05) is 43.0 Å². The lowest BCUT2D eigenvalue weighted by atomic mass is 9.84. The van der Waals surface area contributed by atoms with Crippen molar-refractivity contribution in [1.82, 2.24) is 18.9 Å². The number of aromatic nitrogens is 3. The van der Waals surface area contributed by atoms with Crippen LogP contribution in [0, 0.1) is 5.92 Å². The van der Waals surface area contributed by atoms with Crippen LogP contribution in [-0.2, 0) is 10.0 Å². The highest BCUT2D eigenvalue weighted by molar-refractivity contribution is 7.93. The molecule has 1 N–H and O–H groups in total. The lowest BCUT2D eigenvalue weighted by Crippen LogP contribution is -2.31. The van der Waals surface area contributed by atoms with Gasteiger partial charge in [0.25, 0.3) is 0 Å². The van der Waals surface area contributed by atoms with Crippen LogP contribution in [0.25, 0.3) is 16.9 Å². The molecule has 2 heterocycles. The van der Waals surface area contributed by atoms with Gasteiger partial charge in [-0.15, -0.1) is 0 Å². The van der Waals surface area contributed by atoms with Crippen molar-refractivity contribution in [3.63, 3.8) is 0 Å². The van der Waals surface area contributed by atoms with E-state index >= 15 is 0 Å². The molecular weight excluding hydrogens is 493 g/mol. The Morgan fingerprint density at radius 3 is 2.92 bits per heavy atom. The zero-order valence-corrected chi connectivity index (χ0v) is 22.1. The molecule has 0 spiro atoms. The molecule has 1 aromatic carbocycles. The van der Waals surface area contributed by atoms with Crippen LogP contribution in [0.5, 0.6) is 0 Å². The maximum Gasteiger partial charge on any atom is 0.243 e. The topological polar surface area (TPSA) is 79.6 Å². The van der Waals surface area contributed by atoms with Crippen LogP contribution in [0.3, 0.4) is 0 Å². The van der Waals surface area contributed by atoms with Gasteiger partial charge in [-0.3, -0.25) is 0 Å². The molecule has 0 bridgehead atoms. The molecule has 0 amide bonds.